The number of carboxylic acids is 1. The number of carbonyl (C=O) groups is 2. The number of fused-ring (bicyclic) bond motifs is 1. The number of benzene rings is 2. The lowest BCUT2D eigenvalue weighted by Gasteiger charge is -2.09. The molecule has 2 N–H and O–H groups in total. The minimum atomic E-state index is -0.773. The van der Waals surface area contributed by atoms with E-state index < -0.39 is 5.97 Å². The van der Waals surface area contributed by atoms with Crippen molar-refractivity contribution < 1.29 is 14.7 Å². The van der Waals surface area contributed by atoms with E-state index in [0.29, 0.717) is 25.8 Å². The fraction of sp³-hybridized carbons (Fsp3) is 0.318. The average Bonchev–Trinajstić information content (AvgIpc) is 3.08. The Hall–Kier alpha value is -3.15. The van der Waals surface area contributed by atoms with Gasteiger partial charge in [-0.05, 0) is 37.1 Å². The molecule has 1 aromatic heterocycles. The van der Waals surface area contributed by atoms with Crippen LogP contribution in [0.15, 0.2) is 54.6 Å². The van der Waals surface area contributed by atoms with Gasteiger partial charge < -0.3 is 10.4 Å². The van der Waals surface area contributed by atoms with Crippen molar-refractivity contribution in [3.63, 3.8) is 0 Å². The molecule has 0 aliphatic heterocycles. The number of rotatable bonds is 10. The quantitative estimate of drug-likeness (QED) is 0.526. The van der Waals surface area contributed by atoms with Crippen LogP contribution in [0.5, 0.6) is 0 Å². The highest BCUT2D eigenvalue weighted by atomic mass is 16.4. The zero-order chi connectivity index (χ0) is 19.8. The third-order valence-electron chi connectivity index (χ3n) is 4.61. The van der Waals surface area contributed by atoms with Gasteiger partial charge in [0.2, 0.25) is 5.91 Å². The van der Waals surface area contributed by atoms with Crippen molar-refractivity contribution in [3.8, 4) is 5.69 Å². The number of hydrogen-bond acceptors (Lipinski definition) is 3. The predicted octanol–water partition coefficient (Wildman–Crippen LogP) is 3.72. The van der Waals surface area contributed by atoms with Crippen LogP contribution in [0.2, 0.25) is 0 Å². The number of amides is 1. The van der Waals surface area contributed by atoms with E-state index in [9.17, 15) is 9.59 Å². The molecule has 6 nitrogen and oxygen atoms in total. The molecule has 1 heterocycles. The van der Waals surface area contributed by atoms with E-state index in [-0.39, 0.29) is 12.3 Å². The minimum Gasteiger partial charge on any atom is -0.481 e. The van der Waals surface area contributed by atoms with E-state index >= 15 is 0 Å². The Kier molecular flexibility index (Phi) is 6.78. The van der Waals surface area contributed by atoms with Gasteiger partial charge in [-0.15, -0.1) is 0 Å². The molecular weight excluding hydrogens is 354 g/mol. The number of nitrogens with zero attached hydrogens (tertiary/aromatic N) is 2. The van der Waals surface area contributed by atoms with E-state index in [2.05, 4.69) is 9.88 Å². The Labute approximate surface area is 164 Å². The summed E-state index contributed by atoms with van der Waals surface area (Å²) in [6, 6.07) is 18.0. The van der Waals surface area contributed by atoms with Gasteiger partial charge >= 0.3 is 5.97 Å². The SMILES string of the molecule is O=C(O)CCCCCNC(=O)CCc1nc2ccccc2n1-c1ccccc1. The summed E-state index contributed by atoms with van der Waals surface area (Å²) in [6.07, 6.45) is 3.34. The fourth-order valence-corrected chi connectivity index (χ4v) is 3.23. The molecular formula is C22H25N3O3. The van der Waals surface area contributed by atoms with Gasteiger partial charge in [0.15, 0.2) is 0 Å². The number of aromatic nitrogens is 2. The van der Waals surface area contributed by atoms with Crippen molar-refractivity contribution in [1.82, 2.24) is 14.9 Å². The van der Waals surface area contributed by atoms with E-state index in [1.165, 1.54) is 0 Å². The summed E-state index contributed by atoms with van der Waals surface area (Å²) in [7, 11) is 0. The van der Waals surface area contributed by atoms with Crippen molar-refractivity contribution >= 4 is 22.9 Å². The number of unbranched alkanes of at least 4 members (excludes halogenated alkanes) is 2. The molecule has 146 valence electrons. The molecule has 3 aromatic rings. The van der Waals surface area contributed by atoms with Crippen molar-refractivity contribution in [3.05, 3.63) is 60.4 Å². The molecule has 3 rings (SSSR count). The minimum absolute atomic E-state index is 0.00935. The van der Waals surface area contributed by atoms with Crippen LogP contribution in [0.25, 0.3) is 16.7 Å². The molecule has 0 saturated carbocycles. The van der Waals surface area contributed by atoms with E-state index in [1.807, 2.05) is 54.6 Å². The van der Waals surface area contributed by atoms with Crippen molar-refractivity contribution in [1.29, 1.82) is 0 Å². The van der Waals surface area contributed by atoms with Gasteiger partial charge in [0.05, 0.1) is 11.0 Å². The maximum atomic E-state index is 12.2. The zero-order valence-electron chi connectivity index (χ0n) is 15.8. The lowest BCUT2D eigenvalue weighted by atomic mass is 10.2. The molecule has 0 aliphatic rings. The van der Waals surface area contributed by atoms with Gasteiger partial charge in [0, 0.05) is 31.5 Å². The van der Waals surface area contributed by atoms with Crippen LogP contribution >= 0.6 is 0 Å². The number of carbonyl (C=O) groups excluding carboxylic acids is 1. The summed E-state index contributed by atoms with van der Waals surface area (Å²) in [5.74, 6) is 0.0826. The maximum absolute atomic E-state index is 12.2. The highest BCUT2D eigenvalue weighted by molar-refractivity contribution is 5.79. The Bertz CT molecular complexity index is 935. The average molecular weight is 379 g/mol. The molecule has 2 aromatic carbocycles. The summed E-state index contributed by atoms with van der Waals surface area (Å²) < 4.78 is 2.11. The lowest BCUT2D eigenvalue weighted by molar-refractivity contribution is -0.137. The standard InChI is InChI=1S/C22H25N3O3/c26-21(23-16-8-2-5-13-22(27)28)15-14-20-24-18-11-6-7-12-19(18)25(20)17-9-3-1-4-10-17/h1,3-4,6-7,9-12H,2,5,8,13-16H2,(H,23,26)(H,27,28). The van der Waals surface area contributed by atoms with Crippen LogP contribution in [0.4, 0.5) is 0 Å². The second-order valence-electron chi connectivity index (χ2n) is 6.74. The van der Waals surface area contributed by atoms with Crippen molar-refractivity contribution in [2.75, 3.05) is 6.54 Å². The molecule has 0 fully saturated rings. The molecule has 1 amide bonds. The first kappa shape index (κ1) is 19.6. The number of carboxylic acid groups (broad SMARTS) is 1. The highest BCUT2D eigenvalue weighted by Gasteiger charge is 2.13. The van der Waals surface area contributed by atoms with Crippen LogP contribution in [0.3, 0.4) is 0 Å². The van der Waals surface area contributed by atoms with Gasteiger partial charge in [0.25, 0.3) is 0 Å². The molecule has 0 bridgehead atoms. The maximum Gasteiger partial charge on any atom is 0.303 e. The Morgan fingerprint density at radius 2 is 1.68 bits per heavy atom. The molecule has 0 radical (unpaired) electrons. The van der Waals surface area contributed by atoms with Crippen LogP contribution in [0, 0.1) is 0 Å². The predicted molar refractivity (Wildman–Crippen MR) is 109 cm³/mol. The molecule has 0 aliphatic carbocycles. The van der Waals surface area contributed by atoms with Gasteiger partial charge in [-0.25, -0.2) is 4.98 Å². The smallest absolute Gasteiger partial charge is 0.303 e. The number of para-hydroxylation sites is 3. The van der Waals surface area contributed by atoms with Crippen LogP contribution in [0.1, 0.15) is 37.9 Å². The van der Waals surface area contributed by atoms with Gasteiger partial charge in [-0.2, -0.15) is 0 Å². The topological polar surface area (TPSA) is 84.2 Å². The second-order valence-corrected chi connectivity index (χ2v) is 6.74. The second kappa shape index (κ2) is 9.69. The number of nitrogens with one attached hydrogen (secondary N) is 1. The first-order valence-corrected chi connectivity index (χ1v) is 9.65. The number of aryl methyl sites for hydroxylation is 1. The Morgan fingerprint density at radius 3 is 2.46 bits per heavy atom. The van der Waals surface area contributed by atoms with E-state index in [4.69, 9.17) is 10.1 Å². The number of imidazole rings is 1. The third-order valence-corrected chi connectivity index (χ3v) is 4.61. The van der Waals surface area contributed by atoms with Gasteiger partial charge in [-0.1, -0.05) is 36.8 Å². The molecule has 0 atom stereocenters. The van der Waals surface area contributed by atoms with Crippen molar-refractivity contribution in [2.24, 2.45) is 0 Å². The Balaban J connectivity index is 1.59. The highest BCUT2D eigenvalue weighted by Crippen LogP contribution is 2.22. The number of aliphatic carboxylic acids is 1. The number of hydrogen-bond donors (Lipinski definition) is 2. The van der Waals surface area contributed by atoms with Crippen LogP contribution in [-0.2, 0) is 16.0 Å². The molecule has 28 heavy (non-hydrogen) atoms. The normalized spacial score (nSPS) is 10.9. The molecule has 0 saturated heterocycles. The first-order valence-electron chi connectivity index (χ1n) is 9.65. The van der Waals surface area contributed by atoms with Gasteiger partial charge in [0.1, 0.15) is 5.82 Å². The third kappa shape index (κ3) is 5.19. The summed E-state index contributed by atoms with van der Waals surface area (Å²) in [6.45, 7) is 0.577. The summed E-state index contributed by atoms with van der Waals surface area (Å²) in [5, 5.41) is 11.5. The largest absolute Gasteiger partial charge is 0.481 e. The van der Waals surface area contributed by atoms with Crippen molar-refractivity contribution in [2.45, 2.75) is 38.5 Å². The molecule has 0 unspecified atom stereocenters. The van der Waals surface area contributed by atoms with E-state index in [1.54, 1.807) is 0 Å². The zero-order valence-corrected chi connectivity index (χ0v) is 15.8. The lowest BCUT2D eigenvalue weighted by Crippen LogP contribution is -2.25. The van der Waals surface area contributed by atoms with Crippen LogP contribution < -0.4 is 5.32 Å². The Morgan fingerprint density at radius 1 is 0.929 bits per heavy atom. The first-order chi connectivity index (χ1) is 13.6. The molecule has 6 heteroatoms. The summed E-state index contributed by atoms with van der Waals surface area (Å²) in [5.41, 5.74) is 2.98. The summed E-state index contributed by atoms with van der Waals surface area (Å²) >= 11 is 0. The van der Waals surface area contributed by atoms with Crippen LogP contribution in [-0.4, -0.2) is 33.1 Å². The monoisotopic (exact) mass is 379 g/mol. The van der Waals surface area contributed by atoms with E-state index in [0.717, 1.165) is 35.4 Å². The fourth-order valence-electron chi connectivity index (χ4n) is 3.23. The van der Waals surface area contributed by atoms with Gasteiger partial charge in [-0.3, -0.25) is 14.2 Å². The summed E-state index contributed by atoms with van der Waals surface area (Å²) in [4.78, 5) is 27.4. The molecule has 0 spiro atoms.